The van der Waals surface area contributed by atoms with Crippen molar-refractivity contribution in [3.8, 4) is 5.75 Å². The Bertz CT molecular complexity index is 686. The van der Waals surface area contributed by atoms with Crippen LogP contribution >= 0.6 is 11.3 Å². The highest BCUT2D eigenvalue weighted by Gasteiger charge is 2.34. The molecule has 112 valence electrons. The maximum Gasteiger partial charge on any atom is 0.268 e. The van der Waals surface area contributed by atoms with Gasteiger partial charge in [-0.2, -0.15) is 0 Å². The van der Waals surface area contributed by atoms with Crippen molar-refractivity contribution < 1.29 is 14.6 Å². The van der Waals surface area contributed by atoms with Gasteiger partial charge in [0.05, 0.1) is 6.54 Å². The second kappa shape index (κ2) is 5.00. The Morgan fingerprint density at radius 1 is 1.33 bits per heavy atom. The van der Waals surface area contributed by atoms with Gasteiger partial charge in [0.15, 0.2) is 5.75 Å². The average Bonchev–Trinajstić information content (AvgIpc) is 2.77. The fourth-order valence-corrected chi connectivity index (χ4v) is 3.63. The van der Waals surface area contributed by atoms with E-state index in [0.717, 1.165) is 10.1 Å². The minimum absolute atomic E-state index is 0.0718. The predicted octanol–water partition coefficient (Wildman–Crippen LogP) is 2.90. The predicted molar refractivity (Wildman–Crippen MR) is 84.1 cm³/mol. The number of benzene rings is 1. The van der Waals surface area contributed by atoms with Gasteiger partial charge in [0.1, 0.15) is 17.6 Å². The fourth-order valence-electron chi connectivity index (χ4n) is 2.53. The number of nitrogens with zero attached hydrogens (tertiary/aromatic N) is 1. The highest BCUT2D eigenvalue weighted by atomic mass is 32.1. The maximum absolute atomic E-state index is 12.9. The molecule has 1 aromatic heterocycles. The van der Waals surface area contributed by atoms with E-state index in [1.807, 2.05) is 45.0 Å². The Kier molecular flexibility index (Phi) is 3.42. The molecule has 0 radical (unpaired) electrons. The molecule has 0 aliphatic carbocycles. The van der Waals surface area contributed by atoms with Crippen molar-refractivity contribution in [2.24, 2.45) is 0 Å². The summed E-state index contributed by atoms with van der Waals surface area (Å²) < 4.78 is 6.77. The van der Waals surface area contributed by atoms with Gasteiger partial charge in [0.2, 0.25) is 0 Å². The molecule has 0 spiro atoms. The summed E-state index contributed by atoms with van der Waals surface area (Å²) in [4.78, 5) is 15.3. The molecule has 1 aromatic carbocycles. The molecule has 0 saturated carbocycles. The fraction of sp³-hybridized carbons (Fsp3) is 0.438. The molecule has 2 aromatic rings. The van der Waals surface area contributed by atoms with Gasteiger partial charge in [-0.05, 0) is 32.9 Å². The quantitative estimate of drug-likeness (QED) is 0.814. The zero-order valence-corrected chi connectivity index (χ0v) is 13.2. The van der Waals surface area contributed by atoms with Crippen LogP contribution in [0.25, 0.3) is 10.1 Å². The van der Waals surface area contributed by atoms with Crippen LogP contribution in [0, 0.1) is 0 Å². The number of amides is 1. The molecule has 1 aliphatic heterocycles. The summed E-state index contributed by atoms with van der Waals surface area (Å²) in [5, 5.41) is 11.0. The molecule has 0 bridgehead atoms. The van der Waals surface area contributed by atoms with Crippen molar-refractivity contribution in [3.63, 3.8) is 0 Å². The molecular formula is C16H19NO3S. The third-order valence-electron chi connectivity index (χ3n) is 3.61. The molecular weight excluding hydrogens is 286 g/mol. The van der Waals surface area contributed by atoms with Gasteiger partial charge in [-0.1, -0.05) is 12.1 Å². The molecule has 1 unspecified atom stereocenters. The molecule has 21 heavy (non-hydrogen) atoms. The number of carbonyl (C=O) groups excluding carboxylic acids is 1. The third-order valence-corrected chi connectivity index (χ3v) is 4.75. The standard InChI is InChI=1S/C16H19NO3S/c1-16(2,3)17-8-10(18)9-20-13-11-6-4-5-7-12(11)21-14(13)15(17)19/h4-7,10,18H,8-9H2,1-3H3. The van der Waals surface area contributed by atoms with Crippen molar-refractivity contribution in [2.75, 3.05) is 13.2 Å². The van der Waals surface area contributed by atoms with Gasteiger partial charge < -0.3 is 14.7 Å². The molecule has 3 rings (SSSR count). The van der Waals surface area contributed by atoms with Gasteiger partial charge in [-0.3, -0.25) is 4.79 Å². The normalized spacial score (nSPS) is 19.9. The van der Waals surface area contributed by atoms with E-state index < -0.39 is 6.10 Å². The number of β-amino-alcohol motifs (C(OH)–C–C–N with tert-alkyl or cyclic N) is 1. The monoisotopic (exact) mass is 305 g/mol. The molecule has 4 nitrogen and oxygen atoms in total. The van der Waals surface area contributed by atoms with Gasteiger partial charge in [0, 0.05) is 15.6 Å². The number of hydrogen-bond donors (Lipinski definition) is 1. The lowest BCUT2D eigenvalue weighted by molar-refractivity contribution is 0.0219. The zero-order chi connectivity index (χ0) is 15.2. The van der Waals surface area contributed by atoms with E-state index in [4.69, 9.17) is 4.74 Å². The van der Waals surface area contributed by atoms with Gasteiger partial charge in [0.25, 0.3) is 5.91 Å². The molecule has 1 atom stereocenters. The van der Waals surface area contributed by atoms with Crippen molar-refractivity contribution in [1.82, 2.24) is 4.90 Å². The van der Waals surface area contributed by atoms with E-state index in [-0.39, 0.29) is 24.6 Å². The first kappa shape index (κ1) is 14.4. The van der Waals surface area contributed by atoms with Gasteiger partial charge in [-0.15, -0.1) is 11.3 Å². The summed E-state index contributed by atoms with van der Waals surface area (Å²) in [5.74, 6) is 0.533. The van der Waals surface area contributed by atoms with E-state index in [1.165, 1.54) is 11.3 Å². The van der Waals surface area contributed by atoms with E-state index >= 15 is 0 Å². The number of aliphatic hydroxyl groups excluding tert-OH is 1. The van der Waals surface area contributed by atoms with Crippen LogP contribution < -0.4 is 4.74 Å². The molecule has 0 fully saturated rings. The number of ether oxygens (including phenoxy) is 1. The highest BCUT2D eigenvalue weighted by molar-refractivity contribution is 7.21. The van der Waals surface area contributed by atoms with Crippen molar-refractivity contribution in [3.05, 3.63) is 29.1 Å². The Morgan fingerprint density at radius 3 is 2.76 bits per heavy atom. The van der Waals surface area contributed by atoms with Crippen molar-refractivity contribution in [1.29, 1.82) is 0 Å². The topological polar surface area (TPSA) is 49.8 Å². The molecule has 0 saturated heterocycles. The first-order chi connectivity index (χ1) is 9.88. The first-order valence-electron chi connectivity index (χ1n) is 7.02. The van der Waals surface area contributed by atoms with Crippen molar-refractivity contribution in [2.45, 2.75) is 32.4 Å². The number of fused-ring (bicyclic) bond motifs is 3. The molecule has 1 aliphatic rings. The molecule has 5 heteroatoms. The number of aliphatic hydroxyl groups is 1. The number of thiophene rings is 1. The first-order valence-corrected chi connectivity index (χ1v) is 7.84. The minimum Gasteiger partial charge on any atom is -0.488 e. The van der Waals surface area contributed by atoms with Crippen LogP contribution in [0.4, 0.5) is 0 Å². The Morgan fingerprint density at radius 2 is 2.05 bits per heavy atom. The summed E-state index contributed by atoms with van der Waals surface area (Å²) in [7, 11) is 0. The minimum atomic E-state index is -0.681. The lowest BCUT2D eigenvalue weighted by Crippen LogP contribution is -2.50. The molecule has 1 amide bonds. The molecule has 2 heterocycles. The van der Waals surface area contributed by atoms with Crippen molar-refractivity contribution >= 4 is 27.3 Å². The summed E-state index contributed by atoms with van der Waals surface area (Å²) in [6.45, 7) is 6.43. The van der Waals surface area contributed by atoms with E-state index in [0.29, 0.717) is 10.6 Å². The second-order valence-corrected chi connectivity index (χ2v) is 7.36. The summed E-state index contributed by atoms with van der Waals surface area (Å²) in [5.41, 5.74) is -0.344. The van der Waals surface area contributed by atoms with Crippen LogP contribution in [-0.4, -0.2) is 40.7 Å². The lowest BCUT2D eigenvalue weighted by atomic mass is 10.0. The largest absolute Gasteiger partial charge is 0.488 e. The average molecular weight is 305 g/mol. The zero-order valence-electron chi connectivity index (χ0n) is 12.4. The maximum atomic E-state index is 12.9. The summed E-state index contributed by atoms with van der Waals surface area (Å²) in [6.07, 6.45) is -0.681. The van der Waals surface area contributed by atoms with E-state index in [9.17, 15) is 9.90 Å². The Labute approximate surface area is 127 Å². The van der Waals surface area contributed by atoms with Crippen LogP contribution in [0.15, 0.2) is 24.3 Å². The van der Waals surface area contributed by atoms with E-state index in [1.54, 1.807) is 4.90 Å². The third kappa shape index (κ3) is 2.51. The summed E-state index contributed by atoms with van der Waals surface area (Å²) in [6, 6.07) is 7.82. The van der Waals surface area contributed by atoms with E-state index in [2.05, 4.69) is 0 Å². The molecule has 1 N–H and O–H groups in total. The van der Waals surface area contributed by atoms with Crippen LogP contribution in [-0.2, 0) is 0 Å². The van der Waals surface area contributed by atoms with Gasteiger partial charge >= 0.3 is 0 Å². The number of carbonyl (C=O) groups is 1. The highest BCUT2D eigenvalue weighted by Crippen LogP contribution is 2.40. The number of rotatable bonds is 0. The van der Waals surface area contributed by atoms with Crippen LogP contribution in [0.1, 0.15) is 30.4 Å². The second-order valence-electron chi connectivity index (χ2n) is 6.31. The van der Waals surface area contributed by atoms with Crippen LogP contribution in [0.2, 0.25) is 0 Å². The van der Waals surface area contributed by atoms with Crippen LogP contribution in [0.5, 0.6) is 5.75 Å². The Balaban J connectivity index is 2.16. The number of hydrogen-bond acceptors (Lipinski definition) is 4. The smallest absolute Gasteiger partial charge is 0.268 e. The lowest BCUT2D eigenvalue weighted by Gasteiger charge is -2.38. The Hall–Kier alpha value is -1.59. The summed E-state index contributed by atoms with van der Waals surface area (Å²) >= 11 is 1.45. The SMILES string of the molecule is CC(C)(C)N1CC(O)COc2c(sc3ccccc23)C1=O. The van der Waals surface area contributed by atoms with Gasteiger partial charge in [-0.25, -0.2) is 0 Å². The van der Waals surface area contributed by atoms with Crippen LogP contribution in [0.3, 0.4) is 0 Å².